The van der Waals surface area contributed by atoms with E-state index >= 15 is 0 Å². The SMILES string of the molecule is CC(C)(C)C(=O)N1CC[C@H](NS(C)(=O)=O)[C@@H]1Cc1cccc(-c2ccccc2)c1. The number of nitrogens with zero attached hydrogens (tertiary/aromatic N) is 1. The fourth-order valence-electron chi connectivity index (χ4n) is 3.95. The highest BCUT2D eigenvalue weighted by Crippen LogP contribution is 2.29. The monoisotopic (exact) mass is 414 g/mol. The van der Waals surface area contributed by atoms with Gasteiger partial charge in [0.05, 0.1) is 12.3 Å². The Labute approximate surface area is 174 Å². The zero-order valence-electron chi connectivity index (χ0n) is 17.6. The van der Waals surface area contributed by atoms with Crippen LogP contribution in [-0.2, 0) is 21.2 Å². The molecule has 6 heteroatoms. The molecular formula is C23H30N2O3S. The number of hydrogen-bond donors (Lipinski definition) is 1. The van der Waals surface area contributed by atoms with Gasteiger partial charge < -0.3 is 4.90 Å². The number of hydrogen-bond acceptors (Lipinski definition) is 3. The van der Waals surface area contributed by atoms with Crippen LogP contribution in [0.15, 0.2) is 54.6 Å². The van der Waals surface area contributed by atoms with Gasteiger partial charge in [-0.15, -0.1) is 0 Å². The van der Waals surface area contributed by atoms with Gasteiger partial charge in [-0.1, -0.05) is 75.4 Å². The first-order valence-electron chi connectivity index (χ1n) is 9.97. The summed E-state index contributed by atoms with van der Waals surface area (Å²) < 4.78 is 26.5. The molecule has 2 atom stereocenters. The number of nitrogens with one attached hydrogen (secondary N) is 1. The predicted molar refractivity (Wildman–Crippen MR) is 117 cm³/mol. The summed E-state index contributed by atoms with van der Waals surface area (Å²) in [6.45, 7) is 6.27. The van der Waals surface area contributed by atoms with Crippen molar-refractivity contribution >= 4 is 15.9 Å². The Morgan fingerprint density at radius 3 is 2.34 bits per heavy atom. The molecule has 2 aromatic rings. The van der Waals surface area contributed by atoms with E-state index in [9.17, 15) is 13.2 Å². The van der Waals surface area contributed by atoms with Gasteiger partial charge in [0.25, 0.3) is 0 Å². The maximum absolute atomic E-state index is 13.0. The Kier molecular flexibility index (Phi) is 6.15. The van der Waals surface area contributed by atoms with Gasteiger partial charge in [0.1, 0.15) is 0 Å². The second-order valence-corrected chi connectivity index (χ2v) is 10.7. The lowest BCUT2D eigenvalue weighted by atomic mass is 9.92. The van der Waals surface area contributed by atoms with E-state index in [2.05, 4.69) is 29.0 Å². The average molecular weight is 415 g/mol. The maximum Gasteiger partial charge on any atom is 0.228 e. The lowest BCUT2D eigenvalue weighted by Gasteiger charge is -2.33. The number of carbonyl (C=O) groups is 1. The third-order valence-electron chi connectivity index (χ3n) is 5.29. The first-order chi connectivity index (χ1) is 13.5. The van der Waals surface area contributed by atoms with Crippen LogP contribution in [-0.4, -0.2) is 44.1 Å². The van der Waals surface area contributed by atoms with Crippen LogP contribution in [0.5, 0.6) is 0 Å². The van der Waals surface area contributed by atoms with E-state index in [1.54, 1.807) is 0 Å². The Balaban J connectivity index is 1.90. The standard InChI is InChI=1S/C23H30N2O3S/c1-23(2,3)22(26)25-14-13-20(24-29(4,27)28)21(25)16-17-9-8-12-19(15-17)18-10-6-5-7-11-18/h5-12,15,20-21,24H,13-14,16H2,1-4H3/t20-,21-/m0/s1. The molecule has 1 N–H and O–H groups in total. The van der Waals surface area contributed by atoms with Crippen molar-refractivity contribution in [3.8, 4) is 11.1 Å². The van der Waals surface area contributed by atoms with Crippen molar-refractivity contribution < 1.29 is 13.2 Å². The van der Waals surface area contributed by atoms with Crippen molar-refractivity contribution in [2.45, 2.75) is 45.7 Å². The minimum Gasteiger partial charge on any atom is -0.337 e. The van der Waals surface area contributed by atoms with Crippen LogP contribution in [0.2, 0.25) is 0 Å². The molecule has 1 aliphatic rings. The quantitative estimate of drug-likeness (QED) is 0.815. The van der Waals surface area contributed by atoms with Crippen LogP contribution >= 0.6 is 0 Å². The third-order valence-corrected chi connectivity index (χ3v) is 6.02. The van der Waals surface area contributed by atoms with Gasteiger partial charge in [-0.3, -0.25) is 4.79 Å². The summed E-state index contributed by atoms with van der Waals surface area (Å²) in [7, 11) is -3.36. The van der Waals surface area contributed by atoms with Gasteiger partial charge in [0, 0.05) is 18.0 Å². The second-order valence-electron chi connectivity index (χ2n) is 8.87. The molecule has 1 fully saturated rings. The molecule has 0 spiro atoms. The highest BCUT2D eigenvalue weighted by molar-refractivity contribution is 7.88. The van der Waals surface area contributed by atoms with Gasteiger partial charge in [-0.05, 0) is 29.5 Å². The van der Waals surface area contributed by atoms with Crippen molar-refractivity contribution in [3.05, 3.63) is 60.2 Å². The average Bonchev–Trinajstić information content (AvgIpc) is 3.01. The summed E-state index contributed by atoms with van der Waals surface area (Å²) in [5.74, 6) is 0.0551. The molecule has 5 nitrogen and oxygen atoms in total. The highest BCUT2D eigenvalue weighted by atomic mass is 32.2. The lowest BCUT2D eigenvalue weighted by Crippen LogP contribution is -2.50. The van der Waals surface area contributed by atoms with Crippen molar-refractivity contribution in [2.24, 2.45) is 5.41 Å². The molecule has 1 heterocycles. The molecule has 0 unspecified atom stereocenters. The number of rotatable bonds is 5. The molecule has 2 aromatic carbocycles. The molecule has 1 amide bonds. The normalized spacial score (nSPS) is 20.1. The van der Waals surface area contributed by atoms with E-state index in [0.29, 0.717) is 19.4 Å². The van der Waals surface area contributed by atoms with E-state index in [0.717, 1.165) is 16.7 Å². The zero-order valence-corrected chi connectivity index (χ0v) is 18.4. The molecule has 0 aromatic heterocycles. The summed E-state index contributed by atoms with van der Waals surface area (Å²) in [5.41, 5.74) is 2.83. The van der Waals surface area contributed by atoms with Gasteiger partial charge >= 0.3 is 0 Å². The highest BCUT2D eigenvalue weighted by Gasteiger charge is 2.41. The molecule has 3 rings (SSSR count). The molecule has 29 heavy (non-hydrogen) atoms. The number of benzene rings is 2. The Hall–Kier alpha value is -2.18. The van der Waals surface area contributed by atoms with Crippen molar-refractivity contribution in [1.82, 2.24) is 9.62 Å². The van der Waals surface area contributed by atoms with E-state index in [1.165, 1.54) is 6.26 Å². The topological polar surface area (TPSA) is 66.5 Å². The number of amides is 1. The van der Waals surface area contributed by atoms with Crippen LogP contribution in [0.25, 0.3) is 11.1 Å². The summed E-state index contributed by atoms with van der Waals surface area (Å²) in [5, 5.41) is 0. The van der Waals surface area contributed by atoms with E-state index < -0.39 is 15.4 Å². The Morgan fingerprint density at radius 1 is 1.07 bits per heavy atom. The van der Waals surface area contributed by atoms with Gasteiger partial charge in [0.2, 0.25) is 15.9 Å². The van der Waals surface area contributed by atoms with Crippen LogP contribution < -0.4 is 4.72 Å². The first kappa shape index (κ1) is 21.5. The smallest absolute Gasteiger partial charge is 0.228 e. The molecular weight excluding hydrogens is 384 g/mol. The van der Waals surface area contributed by atoms with Crippen LogP contribution in [0.4, 0.5) is 0 Å². The largest absolute Gasteiger partial charge is 0.337 e. The molecule has 0 bridgehead atoms. The summed E-state index contributed by atoms with van der Waals surface area (Å²) in [6, 6.07) is 17.9. The summed E-state index contributed by atoms with van der Waals surface area (Å²) in [6.07, 6.45) is 2.40. The second kappa shape index (κ2) is 8.28. The van der Waals surface area contributed by atoms with Gasteiger partial charge in [-0.2, -0.15) is 0 Å². The maximum atomic E-state index is 13.0. The van der Waals surface area contributed by atoms with E-state index in [1.807, 2.05) is 56.0 Å². The summed E-state index contributed by atoms with van der Waals surface area (Å²) >= 11 is 0. The molecule has 0 radical (unpaired) electrons. The molecule has 0 saturated carbocycles. The third kappa shape index (κ3) is 5.46. The van der Waals surface area contributed by atoms with Gasteiger partial charge in [-0.25, -0.2) is 13.1 Å². The number of likely N-dealkylation sites (tertiary alicyclic amines) is 1. The van der Waals surface area contributed by atoms with Crippen molar-refractivity contribution in [3.63, 3.8) is 0 Å². The summed E-state index contributed by atoms with van der Waals surface area (Å²) in [4.78, 5) is 14.9. The number of carbonyl (C=O) groups excluding carboxylic acids is 1. The fraction of sp³-hybridized carbons (Fsp3) is 0.435. The lowest BCUT2D eigenvalue weighted by molar-refractivity contribution is -0.140. The molecule has 0 aliphatic carbocycles. The van der Waals surface area contributed by atoms with Crippen molar-refractivity contribution in [1.29, 1.82) is 0 Å². The minimum absolute atomic E-state index is 0.0551. The van der Waals surface area contributed by atoms with E-state index in [4.69, 9.17) is 0 Å². The molecule has 1 aliphatic heterocycles. The number of sulfonamides is 1. The van der Waals surface area contributed by atoms with Crippen LogP contribution in [0.1, 0.15) is 32.8 Å². The molecule has 1 saturated heterocycles. The predicted octanol–water partition coefficient (Wildman–Crippen LogP) is 3.46. The van der Waals surface area contributed by atoms with Gasteiger partial charge in [0.15, 0.2) is 0 Å². The minimum atomic E-state index is -3.36. The van der Waals surface area contributed by atoms with E-state index in [-0.39, 0.29) is 18.0 Å². The Morgan fingerprint density at radius 2 is 1.72 bits per heavy atom. The first-order valence-corrected chi connectivity index (χ1v) is 11.9. The van der Waals surface area contributed by atoms with Crippen LogP contribution in [0.3, 0.4) is 0 Å². The fourth-order valence-corrected chi connectivity index (χ4v) is 4.78. The Bertz CT molecular complexity index is 965. The van der Waals surface area contributed by atoms with Crippen molar-refractivity contribution in [2.75, 3.05) is 12.8 Å². The zero-order chi connectivity index (χ0) is 21.2. The molecule has 156 valence electrons. The van der Waals surface area contributed by atoms with Crippen LogP contribution in [0, 0.1) is 5.41 Å².